The third-order valence-electron chi connectivity index (χ3n) is 6.94. The van der Waals surface area contributed by atoms with E-state index in [1.165, 1.54) is 12.1 Å². The number of phenols is 1. The van der Waals surface area contributed by atoms with E-state index >= 15 is 0 Å². The molecule has 1 fully saturated rings. The van der Waals surface area contributed by atoms with E-state index in [-0.39, 0.29) is 16.9 Å². The number of anilines is 1. The molecule has 0 aromatic heterocycles. The van der Waals surface area contributed by atoms with Gasteiger partial charge in [0.05, 0.1) is 5.69 Å². The number of benzene rings is 2. The summed E-state index contributed by atoms with van der Waals surface area (Å²) < 4.78 is 13.8. The highest BCUT2D eigenvalue weighted by atomic mass is 19.1. The molecule has 2 aromatic carbocycles. The number of para-hydroxylation sites is 1. The molecule has 1 saturated heterocycles. The molecule has 1 aliphatic heterocycles. The lowest BCUT2D eigenvalue weighted by molar-refractivity contribution is 0.0584. The zero-order chi connectivity index (χ0) is 21.9. The van der Waals surface area contributed by atoms with Crippen LogP contribution >= 0.6 is 0 Å². The van der Waals surface area contributed by atoms with Crippen molar-refractivity contribution in [1.29, 1.82) is 0 Å². The number of likely N-dealkylation sites (tertiary alicyclic amines) is 1. The van der Waals surface area contributed by atoms with Gasteiger partial charge in [0.2, 0.25) is 0 Å². The van der Waals surface area contributed by atoms with Crippen LogP contribution in [-0.4, -0.2) is 42.2 Å². The largest absolute Gasteiger partial charge is 0.508 e. The molecule has 6 heteroatoms. The zero-order valence-electron chi connectivity index (χ0n) is 18.2. The van der Waals surface area contributed by atoms with Crippen molar-refractivity contribution in [3.63, 3.8) is 0 Å². The molecule has 30 heavy (non-hydrogen) atoms. The quantitative estimate of drug-likeness (QED) is 0.669. The van der Waals surface area contributed by atoms with E-state index in [4.69, 9.17) is 0 Å². The number of piperidine rings is 1. The maximum Gasteiger partial charge on any atom is 0.319 e. The van der Waals surface area contributed by atoms with Gasteiger partial charge < -0.3 is 20.6 Å². The van der Waals surface area contributed by atoms with Gasteiger partial charge in [0.25, 0.3) is 0 Å². The number of nitrogens with zero attached hydrogens (tertiary/aromatic N) is 1. The van der Waals surface area contributed by atoms with Crippen molar-refractivity contribution >= 4 is 11.7 Å². The molecule has 0 saturated carbocycles. The van der Waals surface area contributed by atoms with E-state index in [9.17, 15) is 14.3 Å². The van der Waals surface area contributed by atoms with Crippen molar-refractivity contribution in [2.24, 2.45) is 5.92 Å². The Morgan fingerprint density at radius 1 is 1.27 bits per heavy atom. The van der Waals surface area contributed by atoms with Gasteiger partial charge in [-0.1, -0.05) is 25.1 Å². The number of phenolic OH excluding ortho intramolecular Hbond substituents is 1. The van der Waals surface area contributed by atoms with Crippen molar-refractivity contribution in [3.8, 4) is 5.75 Å². The molecule has 2 unspecified atom stereocenters. The van der Waals surface area contributed by atoms with Gasteiger partial charge in [-0.3, -0.25) is 0 Å². The SMILES string of the molecule is Cc1ccc(O)cc1C1(CCNC(=O)Nc2ccccc2F)CCN(C)C(C)[C@@H]1C. The smallest absolute Gasteiger partial charge is 0.319 e. The fraction of sp³-hybridized carbons (Fsp3) is 0.458. The molecule has 2 amide bonds. The minimum atomic E-state index is -0.461. The van der Waals surface area contributed by atoms with E-state index in [0.717, 1.165) is 30.5 Å². The normalized spacial score (nSPS) is 24.4. The Morgan fingerprint density at radius 3 is 2.73 bits per heavy atom. The maximum absolute atomic E-state index is 13.8. The van der Waals surface area contributed by atoms with Crippen LogP contribution in [-0.2, 0) is 5.41 Å². The summed E-state index contributed by atoms with van der Waals surface area (Å²) >= 11 is 0. The summed E-state index contributed by atoms with van der Waals surface area (Å²) in [5, 5.41) is 15.6. The van der Waals surface area contributed by atoms with Gasteiger partial charge >= 0.3 is 6.03 Å². The highest BCUT2D eigenvalue weighted by Gasteiger charge is 2.45. The van der Waals surface area contributed by atoms with Gasteiger partial charge in [0.1, 0.15) is 11.6 Å². The predicted molar refractivity (Wildman–Crippen MR) is 118 cm³/mol. The number of carbonyl (C=O) groups excluding carboxylic acids is 1. The number of carbonyl (C=O) groups is 1. The lowest BCUT2D eigenvalue weighted by Crippen LogP contribution is -2.54. The molecule has 2 aromatic rings. The van der Waals surface area contributed by atoms with Crippen molar-refractivity contribution in [2.45, 2.75) is 45.1 Å². The van der Waals surface area contributed by atoms with Crippen LogP contribution in [0.2, 0.25) is 0 Å². The fourth-order valence-corrected chi connectivity index (χ4v) is 4.79. The Labute approximate surface area is 178 Å². The van der Waals surface area contributed by atoms with Crippen LogP contribution in [0, 0.1) is 18.7 Å². The Bertz CT molecular complexity index is 904. The lowest BCUT2D eigenvalue weighted by Gasteiger charge is -2.51. The van der Waals surface area contributed by atoms with Crippen molar-refractivity contribution < 1.29 is 14.3 Å². The Kier molecular flexibility index (Phi) is 6.66. The number of amides is 2. The van der Waals surface area contributed by atoms with Crippen LogP contribution in [0.1, 0.15) is 37.8 Å². The number of nitrogens with one attached hydrogen (secondary N) is 2. The first-order chi connectivity index (χ1) is 14.2. The number of rotatable bonds is 5. The van der Waals surface area contributed by atoms with Crippen LogP contribution in [0.4, 0.5) is 14.9 Å². The van der Waals surface area contributed by atoms with Gasteiger partial charge in [-0.15, -0.1) is 0 Å². The number of aromatic hydroxyl groups is 1. The average Bonchev–Trinajstić information content (AvgIpc) is 2.72. The van der Waals surface area contributed by atoms with Gasteiger partial charge in [-0.2, -0.15) is 0 Å². The summed E-state index contributed by atoms with van der Waals surface area (Å²) in [5.41, 5.74) is 2.29. The first kappa shape index (κ1) is 22.1. The van der Waals surface area contributed by atoms with Crippen molar-refractivity contribution in [3.05, 3.63) is 59.4 Å². The van der Waals surface area contributed by atoms with E-state index in [1.807, 2.05) is 12.1 Å². The van der Waals surface area contributed by atoms with E-state index in [2.05, 4.69) is 43.4 Å². The topological polar surface area (TPSA) is 64.6 Å². The third-order valence-corrected chi connectivity index (χ3v) is 6.94. The molecule has 0 bridgehead atoms. The Balaban J connectivity index is 1.78. The van der Waals surface area contributed by atoms with Gasteiger partial charge in [-0.05, 0) is 81.6 Å². The van der Waals surface area contributed by atoms with Crippen LogP contribution in [0.5, 0.6) is 5.75 Å². The molecule has 5 nitrogen and oxygen atoms in total. The molecule has 3 N–H and O–H groups in total. The fourth-order valence-electron chi connectivity index (χ4n) is 4.79. The predicted octanol–water partition coefficient (Wildman–Crippen LogP) is 4.65. The van der Waals surface area contributed by atoms with Crippen molar-refractivity contribution in [2.75, 3.05) is 25.5 Å². The zero-order valence-corrected chi connectivity index (χ0v) is 18.2. The number of aryl methyl sites for hydroxylation is 1. The highest BCUT2D eigenvalue weighted by Crippen LogP contribution is 2.46. The van der Waals surface area contributed by atoms with Crippen LogP contribution in [0.3, 0.4) is 0 Å². The minimum Gasteiger partial charge on any atom is -0.508 e. The van der Waals surface area contributed by atoms with Crippen LogP contribution in [0.15, 0.2) is 42.5 Å². The molecule has 1 aliphatic rings. The lowest BCUT2D eigenvalue weighted by atomic mass is 9.61. The Hall–Kier alpha value is -2.60. The summed E-state index contributed by atoms with van der Waals surface area (Å²) in [6.07, 6.45) is 1.68. The summed E-state index contributed by atoms with van der Waals surface area (Å²) in [7, 11) is 2.14. The highest BCUT2D eigenvalue weighted by molar-refractivity contribution is 5.89. The first-order valence-corrected chi connectivity index (χ1v) is 10.5. The molecular weight excluding hydrogens is 381 g/mol. The average molecular weight is 414 g/mol. The standard InChI is InChI=1S/C24H32FN3O2/c1-16-9-10-19(29)15-20(16)24(12-14-28(4)18(3)17(24)2)11-13-26-23(30)27-22-8-6-5-7-21(22)25/h5-10,15,17-18,29H,11-14H2,1-4H3,(H2,26,27,30)/t17-,18?,24?/m0/s1. The molecule has 0 radical (unpaired) electrons. The second kappa shape index (κ2) is 9.04. The first-order valence-electron chi connectivity index (χ1n) is 10.5. The van der Waals surface area contributed by atoms with Gasteiger partial charge in [0.15, 0.2) is 0 Å². The molecule has 1 heterocycles. The second-order valence-corrected chi connectivity index (χ2v) is 8.53. The summed E-state index contributed by atoms with van der Waals surface area (Å²) in [5.74, 6) is 0.129. The monoisotopic (exact) mass is 413 g/mol. The molecule has 3 atom stereocenters. The number of hydrogen-bond acceptors (Lipinski definition) is 3. The number of hydrogen-bond donors (Lipinski definition) is 3. The second-order valence-electron chi connectivity index (χ2n) is 8.53. The number of halogens is 1. The van der Waals surface area contributed by atoms with Crippen LogP contribution < -0.4 is 10.6 Å². The van der Waals surface area contributed by atoms with Crippen molar-refractivity contribution in [1.82, 2.24) is 10.2 Å². The Morgan fingerprint density at radius 2 is 2.00 bits per heavy atom. The van der Waals surface area contributed by atoms with E-state index < -0.39 is 11.8 Å². The molecule has 3 rings (SSSR count). The molecular formula is C24H32FN3O2. The number of urea groups is 1. The van der Waals surface area contributed by atoms with E-state index in [0.29, 0.717) is 18.5 Å². The third kappa shape index (κ3) is 4.43. The summed E-state index contributed by atoms with van der Waals surface area (Å²) in [6, 6.07) is 11.6. The molecule has 0 spiro atoms. The molecule has 0 aliphatic carbocycles. The minimum absolute atomic E-state index is 0.162. The summed E-state index contributed by atoms with van der Waals surface area (Å²) in [4.78, 5) is 14.7. The summed E-state index contributed by atoms with van der Waals surface area (Å²) in [6.45, 7) is 7.96. The van der Waals surface area contributed by atoms with Crippen LogP contribution in [0.25, 0.3) is 0 Å². The van der Waals surface area contributed by atoms with E-state index in [1.54, 1.807) is 18.2 Å². The van der Waals surface area contributed by atoms with Gasteiger partial charge in [0, 0.05) is 18.0 Å². The molecule has 162 valence electrons. The maximum atomic E-state index is 13.8. The van der Waals surface area contributed by atoms with Gasteiger partial charge in [-0.25, -0.2) is 9.18 Å².